The molecule has 0 amide bonds. The van der Waals surface area contributed by atoms with Gasteiger partial charge in [-0.25, -0.2) is 0 Å². The molecule has 0 aromatic heterocycles. The van der Waals surface area contributed by atoms with E-state index in [0.717, 1.165) is 22.4 Å². The molecule has 0 aliphatic carbocycles. The number of likely N-dealkylation sites (N-methyl/N-ethyl adjacent to an activating group) is 1. The molecule has 112 valence electrons. The summed E-state index contributed by atoms with van der Waals surface area (Å²) in [5, 5.41) is 3.40. The van der Waals surface area contributed by atoms with Crippen molar-refractivity contribution >= 4 is 27.7 Å². The molecule has 0 saturated carbocycles. The number of hydrogen-bond donors (Lipinski definition) is 1. The molecule has 2 nitrogen and oxygen atoms in total. The minimum Gasteiger partial charge on any atom is -0.496 e. The zero-order chi connectivity index (χ0) is 15.1. The molecule has 2 aromatic rings. The lowest BCUT2D eigenvalue weighted by molar-refractivity contribution is 0.412. The van der Waals surface area contributed by atoms with E-state index in [1.807, 2.05) is 24.9 Å². The third-order valence-corrected chi connectivity index (χ3v) is 5.10. The molecular formula is C17H20BrNOS. The van der Waals surface area contributed by atoms with E-state index >= 15 is 0 Å². The molecule has 0 fully saturated rings. The van der Waals surface area contributed by atoms with Crippen LogP contribution in [-0.2, 0) is 6.42 Å². The number of halogens is 1. The van der Waals surface area contributed by atoms with Gasteiger partial charge in [-0.15, -0.1) is 11.8 Å². The van der Waals surface area contributed by atoms with Crippen molar-refractivity contribution in [3.05, 3.63) is 58.6 Å². The van der Waals surface area contributed by atoms with E-state index in [4.69, 9.17) is 4.74 Å². The summed E-state index contributed by atoms with van der Waals surface area (Å²) in [5.41, 5.74) is 1.30. The number of ether oxygens (including phenoxy) is 1. The van der Waals surface area contributed by atoms with E-state index in [9.17, 15) is 0 Å². The Kier molecular flexibility index (Phi) is 6.61. The van der Waals surface area contributed by atoms with Crippen molar-refractivity contribution in [2.24, 2.45) is 0 Å². The first-order valence-corrected chi connectivity index (χ1v) is 8.68. The molecule has 0 aliphatic rings. The highest BCUT2D eigenvalue weighted by Crippen LogP contribution is 2.26. The maximum absolute atomic E-state index is 5.27. The fraction of sp³-hybridized carbons (Fsp3) is 0.294. The second-order valence-electron chi connectivity index (χ2n) is 4.78. The number of benzene rings is 2. The average Bonchev–Trinajstić information content (AvgIpc) is 2.52. The standard InChI is InChI=1S/C17H20BrNOS/c1-19-14(12-21-15-6-4-3-5-7-15)10-13-8-9-17(20-2)16(18)11-13/h3-9,11,14,19H,10,12H2,1-2H3. The summed E-state index contributed by atoms with van der Waals surface area (Å²) < 4.78 is 6.28. The van der Waals surface area contributed by atoms with Gasteiger partial charge in [-0.3, -0.25) is 0 Å². The smallest absolute Gasteiger partial charge is 0.133 e. The van der Waals surface area contributed by atoms with Crippen LogP contribution in [0.1, 0.15) is 5.56 Å². The Morgan fingerprint density at radius 1 is 1.19 bits per heavy atom. The van der Waals surface area contributed by atoms with Crippen LogP contribution in [0.3, 0.4) is 0 Å². The molecule has 2 rings (SSSR count). The van der Waals surface area contributed by atoms with Crippen LogP contribution in [0.4, 0.5) is 0 Å². The zero-order valence-corrected chi connectivity index (χ0v) is 14.7. The molecule has 0 heterocycles. The third-order valence-electron chi connectivity index (χ3n) is 3.30. The van der Waals surface area contributed by atoms with Crippen LogP contribution in [-0.4, -0.2) is 26.0 Å². The van der Waals surface area contributed by atoms with Crippen LogP contribution in [0.15, 0.2) is 57.9 Å². The number of methoxy groups -OCH3 is 1. The van der Waals surface area contributed by atoms with Crippen LogP contribution in [0.25, 0.3) is 0 Å². The van der Waals surface area contributed by atoms with Gasteiger partial charge in [0.1, 0.15) is 5.75 Å². The quantitative estimate of drug-likeness (QED) is 0.735. The molecule has 0 radical (unpaired) electrons. The Bertz CT molecular complexity index is 562. The van der Waals surface area contributed by atoms with Gasteiger partial charge in [0.2, 0.25) is 0 Å². The minimum atomic E-state index is 0.440. The highest BCUT2D eigenvalue weighted by atomic mass is 79.9. The fourth-order valence-electron chi connectivity index (χ4n) is 2.08. The highest BCUT2D eigenvalue weighted by Gasteiger charge is 2.10. The molecule has 1 N–H and O–H groups in total. The van der Waals surface area contributed by atoms with Crippen molar-refractivity contribution in [1.82, 2.24) is 5.32 Å². The highest BCUT2D eigenvalue weighted by molar-refractivity contribution is 9.10. The summed E-state index contributed by atoms with van der Waals surface area (Å²) in [6, 6.07) is 17.2. The van der Waals surface area contributed by atoms with Crippen molar-refractivity contribution in [3.63, 3.8) is 0 Å². The first kappa shape index (κ1) is 16.4. The Hall–Kier alpha value is -0.970. The van der Waals surface area contributed by atoms with Gasteiger partial charge in [-0.05, 0) is 59.2 Å². The van der Waals surface area contributed by atoms with Crippen molar-refractivity contribution in [3.8, 4) is 5.75 Å². The maximum Gasteiger partial charge on any atom is 0.133 e. The van der Waals surface area contributed by atoms with Crippen LogP contribution in [0.5, 0.6) is 5.75 Å². The molecular weight excluding hydrogens is 346 g/mol. The number of thioether (sulfide) groups is 1. The molecule has 2 aromatic carbocycles. The second kappa shape index (κ2) is 8.47. The summed E-state index contributed by atoms with van der Waals surface area (Å²) >= 11 is 5.43. The van der Waals surface area contributed by atoms with Gasteiger partial charge in [-0.2, -0.15) is 0 Å². The maximum atomic E-state index is 5.27. The SMILES string of the molecule is CNC(CSc1ccccc1)Cc1ccc(OC)c(Br)c1. The monoisotopic (exact) mass is 365 g/mol. The van der Waals surface area contributed by atoms with Gasteiger partial charge >= 0.3 is 0 Å². The van der Waals surface area contributed by atoms with E-state index in [2.05, 4.69) is 63.7 Å². The number of nitrogens with one attached hydrogen (secondary N) is 1. The fourth-order valence-corrected chi connectivity index (χ4v) is 3.70. The Labute approximate surface area is 139 Å². The summed E-state index contributed by atoms with van der Waals surface area (Å²) in [7, 11) is 3.71. The lowest BCUT2D eigenvalue weighted by Crippen LogP contribution is -2.30. The summed E-state index contributed by atoms with van der Waals surface area (Å²) in [5.74, 6) is 1.92. The topological polar surface area (TPSA) is 21.3 Å². The molecule has 4 heteroatoms. The zero-order valence-electron chi connectivity index (χ0n) is 12.3. The Morgan fingerprint density at radius 2 is 1.95 bits per heavy atom. The summed E-state index contributed by atoms with van der Waals surface area (Å²) in [4.78, 5) is 1.31. The molecule has 1 unspecified atom stereocenters. The Balaban J connectivity index is 1.94. The average molecular weight is 366 g/mol. The number of hydrogen-bond acceptors (Lipinski definition) is 3. The Morgan fingerprint density at radius 3 is 2.57 bits per heavy atom. The number of rotatable bonds is 7. The van der Waals surface area contributed by atoms with Gasteiger partial charge < -0.3 is 10.1 Å². The van der Waals surface area contributed by atoms with E-state index in [-0.39, 0.29) is 0 Å². The molecule has 21 heavy (non-hydrogen) atoms. The lowest BCUT2D eigenvalue weighted by Gasteiger charge is -2.16. The van der Waals surface area contributed by atoms with Crippen LogP contribution < -0.4 is 10.1 Å². The molecule has 0 bridgehead atoms. The first-order valence-electron chi connectivity index (χ1n) is 6.90. The van der Waals surface area contributed by atoms with E-state index in [1.165, 1.54) is 10.5 Å². The van der Waals surface area contributed by atoms with Crippen molar-refractivity contribution < 1.29 is 4.74 Å². The van der Waals surface area contributed by atoms with E-state index in [1.54, 1.807) is 7.11 Å². The molecule has 0 saturated heterocycles. The molecule has 0 spiro atoms. The third kappa shape index (κ3) is 5.06. The van der Waals surface area contributed by atoms with Gasteiger partial charge in [0.25, 0.3) is 0 Å². The lowest BCUT2D eigenvalue weighted by atomic mass is 10.1. The van der Waals surface area contributed by atoms with Crippen LogP contribution >= 0.6 is 27.7 Å². The largest absolute Gasteiger partial charge is 0.496 e. The molecule has 1 atom stereocenters. The van der Waals surface area contributed by atoms with Crippen molar-refractivity contribution in [1.29, 1.82) is 0 Å². The normalized spacial score (nSPS) is 12.1. The van der Waals surface area contributed by atoms with Gasteiger partial charge in [0.15, 0.2) is 0 Å². The predicted molar refractivity (Wildman–Crippen MR) is 94.4 cm³/mol. The van der Waals surface area contributed by atoms with E-state index in [0.29, 0.717) is 6.04 Å². The molecule has 0 aliphatic heterocycles. The van der Waals surface area contributed by atoms with Gasteiger partial charge in [0, 0.05) is 16.7 Å². The van der Waals surface area contributed by atoms with Crippen molar-refractivity contribution in [2.45, 2.75) is 17.4 Å². The van der Waals surface area contributed by atoms with E-state index < -0.39 is 0 Å². The summed E-state index contributed by atoms with van der Waals surface area (Å²) in [6.45, 7) is 0. The van der Waals surface area contributed by atoms with Crippen LogP contribution in [0.2, 0.25) is 0 Å². The first-order chi connectivity index (χ1) is 10.2. The van der Waals surface area contributed by atoms with Gasteiger partial charge in [0.05, 0.1) is 11.6 Å². The predicted octanol–water partition coefficient (Wildman–Crippen LogP) is 4.38. The van der Waals surface area contributed by atoms with Gasteiger partial charge in [-0.1, -0.05) is 24.3 Å². The minimum absolute atomic E-state index is 0.440. The van der Waals surface area contributed by atoms with Crippen molar-refractivity contribution in [2.75, 3.05) is 19.9 Å². The summed E-state index contributed by atoms with van der Waals surface area (Å²) in [6.07, 6.45) is 0.999. The second-order valence-corrected chi connectivity index (χ2v) is 6.73. The van der Waals surface area contributed by atoms with Crippen LogP contribution in [0, 0.1) is 0 Å².